The van der Waals surface area contributed by atoms with E-state index in [1.54, 1.807) is 4.90 Å². The molecule has 1 aromatic rings. The SMILES string of the molecule is O=C(c1ccc(OC(F)(F)F)cc1)N1CC2(CC(N3CCCC3)CO2)C1. The largest absolute Gasteiger partial charge is 0.573 e. The number of alkyl halides is 3. The molecule has 4 rings (SSSR count). The molecule has 3 aliphatic rings. The minimum atomic E-state index is -4.74. The topological polar surface area (TPSA) is 42.0 Å². The number of carbonyl (C=O) groups is 1. The first-order valence-electron chi connectivity index (χ1n) is 8.87. The van der Waals surface area contributed by atoms with Crippen molar-refractivity contribution in [2.24, 2.45) is 0 Å². The minimum Gasteiger partial charge on any atom is -0.406 e. The number of hydrogen-bond acceptors (Lipinski definition) is 4. The highest BCUT2D eigenvalue weighted by Gasteiger charge is 2.52. The number of amides is 1. The van der Waals surface area contributed by atoms with Crippen LogP contribution in [0.15, 0.2) is 24.3 Å². The summed E-state index contributed by atoms with van der Waals surface area (Å²) in [7, 11) is 0. The molecule has 142 valence electrons. The van der Waals surface area contributed by atoms with Crippen molar-refractivity contribution in [1.29, 1.82) is 0 Å². The van der Waals surface area contributed by atoms with Crippen molar-refractivity contribution in [3.8, 4) is 5.75 Å². The second-order valence-electron chi connectivity index (χ2n) is 7.33. The van der Waals surface area contributed by atoms with Gasteiger partial charge >= 0.3 is 6.36 Å². The molecule has 0 aromatic heterocycles. The van der Waals surface area contributed by atoms with E-state index in [1.807, 2.05) is 0 Å². The first kappa shape index (κ1) is 17.6. The van der Waals surface area contributed by atoms with Crippen molar-refractivity contribution in [2.75, 3.05) is 32.8 Å². The molecule has 0 N–H and O–H groups in total. The van der Waals surface area contributed by atoms with Gasteiger partial charge in [-0.1, -0.05) is 0 Å². The maximum absolute atomic E-state index is 12.5. The van der Waals surface area contributed by atoms with E-state index in [0.29, 0.717) is 31.3 Å². The molecule has 1 atom stereocenters. The molecule has 1 aromatic carbocycles. The highest BCUT2D eigenvalue weighted by molar-refractivity contribution is 5.95. The van der Waals surface area contributed by atoms with Gasteiger partial charge in [0.25, 0.3) is 5.91 Å². The lowest BCUT2D eigenvalue weighted by atomic mass is 9.88. The molecule has 1 unspecified atom stereocenters. The Morgan fingerprint density at radius 1 is 1.15 bits per heavy atom. The molecule has 0 saturated carbocycles. The first-order valence-corrected chi connectivity index (χ1v) is 8.87. The number of benzene rings is 1. The van der Waals surface area contributed by atoms with Crippen LogP contribution in [-0.4, -0.2) is 66.5 Å². The number of likely N-dealkylation sites (tertiary alicyclic amines) is 2. The van der Waals surface area contributed by atoms with E-state index in [1.165, 1.54) is 25.0 Å². The van der Waals surface area contributed by atoms with Gasteiger partial charge in [0.2, 0.25) is 0 Å². The van der Waals surface area contributed by atoms with Crippen LogP contribution in [0.2, 0.25) is 0 Å². The van der Waals surface area contributed by atoms with Crippen LogP contribution >= 0.6 is 0 Å². The molecular weight excluding hydrogens is 349 g/mol. The van der Waals surface area contributed by atoms with E-state index < -0.39 is 6.36 Å². The molecule has 26 heavy (non-hydrogen) atoms. The van der Waals surface area contributed by atoms with Crippen LogP contribution in [0.25, 0.3) is 0 Å². The lowest BCUT2D eigenvalue weighted by Gasteiger charge is -2.47. The van der Waals surface area contributed by atoms with Gasteiger partial charge < -0.3 is 14.4 Å². The van der Waals surface area contributed by atoms with Crippen molar-refractivity contribution in [2.45, 2.75) is 37.3 Å². The van der Waals surface area contributed by atoms with Crippen LogP contribution < -0.4 is 4.74 Å². The smallest absolute Gasteiger partial charge is 0.406 e. The Kier molecular flexibility index (Phi) is 4.35. The molecule has 5 nitrogen and oxygen atoms in total. The highest BCUT2D eigenvalue weighted by atomic mass is 19.4. The normalized spacial score (nSPS) is 25.5. The molecular formula is C18H21F3N2O3. The van der Waals surface area contributed by atoms with Crippen LogP contribution in [0.3, 0.4) is 0 Å². The van der Waals surface area contributed by atoms with Crippen LogP contribution in [0.5, 0.6) is 5.75 Å². The highest BCUT2D eigenvalue weighted by Crippen LogP contribution is 2.38. The molecule has 1 amide bonds. The molecule has 1 spiro atoms. The van der Waals surface area contributed by atoms with Gasteiger partial charge in [0, 0.05) is 11.6 Å². The standard InChI is InChI=1S/C18H21F3N2O3/c19-18(20,21)26-15-5-3-13(4-6-15)16(24)23-11-17(12-23)9-14(10-25-17)22-7-1-2-8-22/h3-6,14H,1-2,7-12H2. The fraction of sp³-hybridized carbons (Fsp3) is 0.611. The molecule has 0 radical (unpaired) electrons. The van der Waals surface area contributed by atoms with Crippen molar-refractivity contribution in [3.05, 3.63) is 29.8 Å². The first-order chi connectivity index (χ1) is 12.3. The van der Waals surface area contributed by atoms with Crippen LogP contribution in [-0.2, 0) is 4.74 Å². The quantitative estimate of drug-likeness (QED) is 0.821. The van der Waals surface area contributed by atoms with Gasteiger partial charge in [-0.25, -0.2) is 0 Å². The van der Waals surface area contributed by atoms with Gasteiger partial charge in [-0.3, -0.25) is 9.69 Å². The summed E-state index contributed by atoms with van der Waals surface area (Å²) in [5, 5.41) is 0. The lowest BCUT2D eigenvalue weighted by Crippen LogP contribution is -2.63. The molecule has 3 heterocycles. The van der Waals surface area contributed by atoms with E-state index in [4.69, 9.17) is 4.74 Å². The zero-order chi connectivity index (χ0) is 18.4. The summed E-state index contributed by atoms with van der Waals surface area (Å²) >= 11 is 0. The molecule has 3 saturated heterocycles. The van der Waals surface area contributed by atoms with Gasteiger partial charge in [-0.15, -0.1) is 13.2 Å². The van der Waals surface area contributed by atoms with E-state index in [2.05, 4.69) is 9.64 Å². The fourth-order valence-corrected chi connectivity index (χ4v) is 4.16. The molecule has 8 heteroatoms. The van der Waals surface area contributed by atoms with Crippen LogP contribution in [0, 0.1) is 0 Å². The number of halogens is 3. The van der Waals surface area contributed by atoms with Crippen LogP contribution in [0.1, 0.15) is 29.6 Å². The summed E-state index contributed by atoms with van der Waals surface area (Å²) in [6, 6.07) is 5.47. The summed E-state index contributed by atoms with van der Waals surface area (Å²) < 4.78 is 46.4. The Morgan fingerprint density at radius 3 is 2.42 bits per heavy atom. The van der Waals surface area contributed by atoms with E-state index >= 15 is 0 Å². The molecule has 0 bridgehead atoms. The zero-order valence-electron chi connectivity index (χ0n) is 14.3. The van der Waals surface area contributed by atoms with Gasteiger partial charge in [0.1, 0.15) is 11.4 Å². The molecule has 3 aliphatic heterocycles. The monoisotopic (exact) mass is 370 g/mol. The summed E-state index contributed by atoms with van der Waals surface area (Å²) in [5.41, 5.74) is 0.103. The van der Waals surface area contributed by atoms with Gasteiger partial charge in [0.05, 0.1) is 19.7 Å². The Hall–Kier alpha value is -1.80. The van der Waals surface area contributed by atoms with E-state index in [0.717, 1.165) is 31.6 Å². The Morgan fingerprint density at radius 2 is 1.81 bits per heavy atom. The third-order valence-corrected chi connectivity index (χ3v) is 5.43. The van der Waals surface area contributed by atoms with Crippen molar-refractivity contribution in [1.82, 2.24) is 9.80 Å². The average molecular weight is 370 g/mol. The Balaban J connectivity index is 1.32. The summed E-state index contributed by atoms with van der Waals surface area (Å²) in [5.74, 6) is -0.524. The summed E-state index contributed by atoms with van der Waals surface area (Å²) in [6.07, 6.45) is -1.32. The number of hydrogen-bond donors (Lipinski definition) is 0. The van der Waals surface area contributed by atoms with Crippen molar-refractivity contribution < 1.29 is 27.4 Å². The lowest BCUT2D eigenvalue weighted by molar-refractivity contribution is -0.274. The van der Waals surface area contributed by atoms with Crippen molar-refractivity contribution in [3.63, 3.8) is 0 Å². The average Bonchev–Trinajstić information content (AvgIpc) is 3.21. The fourth-order valence-electron chi connectivity index (χ4n) is 4.16. The van der Waals surface area contributed by atoms with Crippen molar-refractivity contribution >= 4 is 5.91 Å². The van der Waals surface area contributed by atoms with Gasteiger partial charge in [-0.2, -0.15) is 0 Å². The van der Waals surface area contributed by atoms with E-state index in [9.17, 15) is 18.0 Å². The molecule has 0 aliphatic carbocycles. The third kappa shape index (κ3) is 3.53. The predicted molar refractivity (Wildman–Crippen MR) is 86.9 cm³/mol. The maximum atomic E-state index is 12.5. The predicted octanol–water partition coefficient (Wildman–Crippen LogP) is 2.66. The number of rotatable bonds is 3. The third-order valence-electron chi connectivity index (χ3n) is 5.43. The summed E-state index contributed by atoms with van der Waals surface area (Å²) in [4.78, 5) is 16.7. The summed E-state index contributed by atoms with van der Waals surface area (Å²) in [6.45, 7) is 4.04. The minimum absolute atomic E-state index is 0.192. The second kappa shape index (κ2) is 6.42. The second-order valence-corrected chi connectivity index (χ2v) is 7.33. The Bertz CT molecular complexity index is 665. The molecule has 3 fully saturated rings. The number of ether oxygens (including phenoxy) is 2. The van der Waals surface area contributed by atoms with E-state index in [-0.39, 0.29) is 17.3 Å². The Labute approximate surface area is 149 Å². The maximum Gasteiger partial charge on any atom is 0.573 e. The number of carbonyl (C=O) groups excluding carboxylic acids is 1. The van der Waals surface area contributed by atoms with Crippen LogP contribution in [0.4, 0.5) is 13.2 Å². The van der Waals surface area contributed by atoms with Gasteiger partial charge in [-0.05, 0) is 56.6 Å². The zero-order valence-corrected chi connectivity index (χ0v) is 14.3. The number of nitrogens with zero attached hydrogens (tertiary/aromatic N) is 2. The van der Waals surface area contributed by atoms with Gasteiger partial charge in [0.15, 0.2) is 0 Å².